The van der Waals surface area contributed by atoms with Gasteiger partial charge in [-0.15, -0.1) is 0 Å². The second-order valence-corrected chi connectivity index (χ2v) is 6.31. The summed E-state index contributed by atoms with van der Waals surface area (Å²) in [5.41, 5.74) is 2.35. The minimum atomic E-state index is -0.655. The van der Waals surface area contributed by atoms with Gasteiger partial charge in [0.1, 0.15) is 5.75 Å². The molecule has 6 nitrogen and oxygen atoms in total. The minimum absolute atomic E-state index is 0.150. The standard InChI is InChI=1S/C19H21N3O3/c1-13-10-15(12-20-11-13)21-18(24)19(25)22-9-3-2-4-17(22)14-5-7-16(23)8-6-14/h5-8,10-12,17,23H,2-4,9H2,1H3,(H,21,24)/t17-/m0/s1. The molecule has 2 N–H and O–H groups in total. The molecule has 0 unspecified atom stereocenters. The molecule has 1 aromatic carbocycles. The van der Waals surface area contributed by atoms with E-state index in [1.165, 1.54) is 6.20 Å². The van der Waals surface area contributed by atoms with Gasteiger partial charge in [-0.1, -0.05) is 12.1 Å². The Bertz CT molecular complexity index is 774. The number of amides is 2. The van der Waals surface area contributed by atoms with E-state index in [1.54, 1.807) is 41.4 Å². The van der Waals surface area contributed by atoms with Gasteiger partial charge in [-0.05, 0) is 55.5 Å². The van der Waals surface area contributed by atoms with Crippen molar-refractivity contribution in [3.05, 3.63) is 53.9 Å². The Hall–Kier alpha value is -2.89. The second-order valence-electron chi connectivity index (χ2n) is 6.31. The number of rotatable bonds is 2. The fraction of sp³-hybridized carbons (Fsp3) is 0.316. The monoisotopic (exact) mass is 339 g/mol. The molecule has 130 valence electrons. The number of pyridine rings is 1. The number of nitrogens with one attached hydrogen (secondary N) is 1. The molecule has 0 spiro atoms. The maximum Gasteiger partial charge on any atom is 0.313 e. The normalized spacial score (nSPS) is 17.2. The van der Waals surface area contributed by atoms with E-state index in [4.69, 9.17) is 0 Å². The number of hydrogen-bond donors (Lipinski definition) is 2. The van der Waals surface area contributed by atoms with Crippen LogP contribution in [-0.4, -0.2) is 33.3 Å². The van der Waals surface area contributed by atoms with Crippen LogP contribution in [0.1, 0.15) is 36.4 Å². The largest absolute Gasteiger partial charge is 0.508 e. The molecule has 1 aliphatic rings. The molecule has 2 aromatic rings. The summed E-state index contributed by atoms with van der Waals surface area (Å²) in [6.45, 7) is 2.42. The van der Waals surface area contributed by atoms with Gasteiger partial charge in [0, 0.05) is 12.7 Å². The third-order valence-electron chi connectivity index (χ3n) is 4.37. The summed E-state index contributed by atoms with van der Waals surface area (Å²) in [5, 5.41) is 12.1. The van der Waals surface area contributed by atoms with E-state index in [-0.39, 0.29) is 11.8 Å². The van der Waals surface area contributed by atoms with Crippen LogP contribution in [0.5, 0.6) is 5.75 Å². The zero-order chi connectivity index (χ0) is 17.8. The molecule has 1 fully saturated rings. The molecule has 1 aliphatic heterocycles. The number of aryl methyl sites for hydroxylation is 1. The van der Waals surface area contributed by atoms with E-state index in [2.05, 4.69) is 10.3 Å². The van der Waals surface area contributed by atoms with Crippen molar-refractivity contribution in [1.29, 1.82) is 0 Å². The van der Waals surface area contributed by atoms with E-state index in [0.29, 0.717) is 12.2 Å². The van der Waals surface area contributed by atoms with Crippen LogP contribution >= 0.6 is 0 Å². The number of likely N-dealkylation sites (tertiary alicyclic amines) is 1. The van der Waals surface area contributed by atoms with Crippen molar-refractivity contribution < 1.29 is 14.7 Å². The van der Waals surface area contributed by atoms with Crippen LogP contribution in [-0.2, 0) is 9.59 Å². The molecule has 2 heterocycles. The lowest BCUT2D eigenvalue weighted by atomic mass is 9.95. The van der Waals surface area contributed by atoms with Crippen molar-refractivity contribution in [2.75, 3.05) is 11.9 Å². The highest BCUT2D eigenvalue weighted by Gasteiger charge is 2.31. The summed E-state index contributed by atoms with van der Waals surface area (Å²) in [7, 11) is 0. The number of phenolic OH excluding ortho intramolecular Hbond substituents is 1. The summed E-state index contributed by atoms with van der Waals surface area (Å²) in [6.07, 6.45) is 5.88. The molecule has 6 heteroatoms. The SMILES string of the molecule is Cc1cncc(NC(=O)C(=O)N2CCCC[C@H]2c2ccc(O)cc2)c1. The van der Waals surface area contributed by atoms with Crippen LogP contribution in [0, 0.1) is 6.92 Å². The Kier molecular flexibility index (Phi) is 4.97. The molecule has 1 saturated heterocycles. The Balaban J connectivity index is 1.76. The molecule has 0 bridgehead atoms. The highest BCUT2D eigenvalue weighted by molar-refractivity contribution is 6.39. The maximum atomic E-state index is 12.7. The topological polar surface area (TPSA) is 82.5 Å². The first-order valence-electron chi connectivity index (χ1n) is 8.37. The van der Waals surface area contributed by atoms with Gasteiger partial charge in [0.25, 0.3) is 0 Å². The first-order valence-corrected chi connectivity index (χ1v) is 8.37. The summed E-state index contributed by atoms with van der Waals surface area (Å²) in [5.74, 6) is -1.01. The van der Waals surface area contributed by atoms with E-state index >= 15 is 0 Å². The minimum Gasteiger partial charge on any atom is -0.508 e. The number of hydrogen-bond acceptors (Lipinski definition) is 4. The molecule has 0 aliphatic carbocycles. The van der Waals surface area contributed by atoms with Crippen molar-refractivity contribution >= 4 is 17.5 Å². The van der Waals surface area contributed by atoms with Crippen LogP contribution in [0.25, 0.3) is 0 Å². The number of benzene rings is 1. The van der Waals surface area contributed by atoms with Gasteiger partial charge in [-0.25, -0.2) is 0 Å². The van der Waals surface area contributed by atoms with E-state index < -0.39 is 11.8 Å². The molecular formula is C19H21N3O3. The molecule has 25 heavy (non-hydrogen) atoms. The lowest BCUT2D eigenvalue weighted by Crippen LogP contribution is -2.44. The van der Waals surface area contributed by atoms with Gasteiger partial charge in [0.05, 0.1) is 17.9 Å². The number of anilines is 1. The van der Waals surface area contributed by atoms with E-state index in [0.717, 1.165) is 30.4 Å². The number of aromatic nitrogens is 1. The molecule has 0 radical (unpaired) electrons. The molecule has 1 aromatic heterocycles. The zero-order valence-electron chi connectivity index (χ0n) is 14.1. The number of aromatic hydroxyl groups is 1. The van der Waals surface area contributed by atoms with Gasteiger partial charge in [-0.3, -0.25) is 14.6 Å². The van der Waals surface area contributed by atoms with Gasteiger partial charge < -0.3 is 15.3 Å². The highest BCUT2D eigenvalue weighted by Crippen LogP contribution is 2.31. The van der Waals surface area contributed by atoms with Gasteiger partial charge in [0.15, 0.2) is 0 Å². The summed E-state index contributed by atoms with van der Waals surface area (Å²) in [4.78, 5) is 30.7. The summed E-state index contributed by atoms with van der Waals surface area (Å²) in [6, 6.07) is 8.42. The van der Waals surface area contributed by atoms with Crippen LogP contribution in [0.2, 0.25) is 0 Å². The van der Waals surface area contributed by atoms with Crippen LogP contribution in [0.15, 0.2) is 42.7 Å². The fourth-order valence-corrected chi connectivity index (χ4v) is 3.16. The first-order chi connectivity index (χ1) is 12.0. The number of carbonyl (C=O) groups is 2. The molecule has 0 saturated carbocycles. The fourth-order valence-electron chi connectivity index (χ4n) is 3.16. The molecule has 1 atom stereocenters. The van der Waals surface area contributed by atoms with Crippen LogP contribution < -0.4 is 5.32 Å². The van der Waals surface area contributed by atoms with E-state index in [1.807, 2.05) is 6.92 Å². The van der Waals surface area contributed by atoms with Crippen LogP contribution in [0.3, 0.4) is 0 Å². The number of phenols is 1. The lowest BCUT2D eigenvalue weighted by Gasteiger charge is -2.35. The summed E-state index contributed by atoms with van der Waals surface area (Å²) >= 11 is 0. The number of carbonyl (C=O) groups excluding carboxylic acids is 2. The van der Waals surface area contributed by atoms with E-state index in [9.17, 15) is 14.7 Å². The van der Waals surface area contributed by atoms with Crippen molar-refractivity contribution in [3.63, 3.8) is 0 Å². The molecular weight excluding hydrogens is 318 g/mol. The summed E-state index contributed by atoms with van der Waals surface area (Å²) < 4.78 is 0. The Morgan fingerprint density at radius 2 is 1.96 bits per heavy atom. The second kappa shape index (κ2) is 7.34. The smallest absolute Gasteiger partial charge is 0.313 e. The van der Waals surface area contributed by atoms with Crippen molar-refractivity contribution in [1.82, 2.24) is 9.88 Å². The van der Waals surface area contributed by atoms with Crippen molar-refractivity contribution in [3.8, 4) is 5.75 Å². The average molecular weight is 339 g/mol. The number of piperidine rings is 1. The predicted molar refractivity (Wildman–Crippen MR) is 94.0 cm³/mol. The quantitative estimate of drug-likeness (QED) is 0.824. The third-order valence-corrected chi connectivity index (χ3v) is 4.37. The predicted octanol–water partition coefficient (Wildman–Crippen LogP) is 2.79. The Labute approximate surface area is 146 Å². The maximum absolute atomic E-state index is 12.7. The van der Waals surface area contributed by atoms with Gasteiger partial charge >= 0.3 is 11.8 Å². The average Bonchev–Trinajstić information content (AvgIpc) is 2.62. The van der Waals surface area contributed by atoms with Crippen molar-refractivity contribution in [2.45, 2.75) is 32.2 Å². The van der Waals surface area contributed by atoms with Gasteiger partial charge in [-0.2, -0.15) is 0 Å². The van der Waals surface area contributed by atoms with Gasteiger partial charge in [0.2, 0.25) is 0 Å². The molecule has 3 rings (SSSR count). The first kappa shape index (κ1) is 17.0. The number of nitrogens with zero attached hydrogens (tertiary/aromatic N) is 2. The van der Waals surface area contributed by atoms with Crippen LogP contribution in [0.4, 0.5) is 5.69 Å². The Morgan fingerprint density at radius 3 is 2.68 bits per heavy atom. The third kappa shape index (κ3) is 3.96. The zero-order valence-corrected chi connectivity index (χ0v) is 14.1. The highest BCUT2D eigenvalue weighted by atomic mass is 16.3. The Morgan fingerprint density at radius 1 is 1.20 bits per heavy atom. The lowest BCUT2D eigenvalue weighted by molar-refractivity contribution is -0.145. The molecule has 2 amide bonds. The van der Waals surface area contributed by atoms with Crippen molar-refractivity contribution in [2.24, 2.45) is 0 Å².